The standard InChI is InChI=1S/C13H16Cl2OS2/c1-8-13(18-6-5-17-8)12(16)7-9-10(14)3-2-4-11(9)15/h2-4,8,12-13,16H,5-7H2,1H3. The summed E-state index contributed by atoms with van der Waals surface area (Å²) in [5, 5.41) is 12.4. The summed E-state index contributed by atoms with van der Waals surface area (Å²) in [7, 11) is 0. The second-order valence-corrected chi connectivity index (χ2v) is 7.97. The minimum atomic E-state index is -0.393. The fourth-order valence-corrected chi connectivity index (χ4v) is 5.52. The molecular weight excluding hydrogens is 307 g/mol. The quantitative estimate of drug-likeness (QED) is 0.903. The van der Waals surface area contributed by atoms with Gasteiger partial charge in [-0.1, -0.05) is 36.2 Å². The highest BCUT2D eigenvalue weighted by molar-refractivity contribution is 8.07. The third-order valence-corrected chi connectivity index (χ3v) is 7.04. The Morgan fingerprint density at radius 3 is 2.50 bits per heavy atom. The largest absolute Gasteiger partial charge is 0.392 e. The molecule has 1 nitrogen and oxygen atoms in total. The number of halogens is 2. The van der Waals surface area contributed by atoms with E-state index in [0.717, 1.165) is 11.3 Å². The highest BCUT2D eigenvalue weighted by Gasteiger charge is 2.29. The smallest absolute Gasteiger partial charge is 0.0710 e. The third-order valence-electron chi connectivity index (χ3n) is 3.09. The minimum absolute atomic E-state index is 0.260. The van der Waals surface area contributed by atoms with E-state index in [9.17, 15) is 5.11 Å². The molecule has 1 saturated heterocycles. The molecule has 0 saturated carbocycles. The Morgan fingerprint density at radius 2 is 1.89 bits per heavy atom. The van der Waals surface area contributed by atoms with Crippen molar-refractivity contribution in [2.75, 3.05) is 11.5 Å². The normalized spacial score (nSPS) is 26.0. The molecule has 1 aromatic carbocycles. The zero-order valence-corrected chi connectivity index (χ0v) is 13.2. The van der Waals surface area contributed by atoms with E-state index in [1.807, 2.05) is 41.7 Å². The molecule has 0 aliphatic carbocycles. The molecule has 3 atom stereocenters. The Labute approximate surface area is 127 Å². The van der Waals surface area contributed by atoms with Crippen molar-refractivity contribution in [3.8, 4) is 0 Å². The molecule has 3 unspecified atom stereocenters. The molecule has 0 aromatic heterocycles. The van der Waals surface area contributed by atoms with Crippen LogP contribution in [-0.2, 0) is 6.42 Å². The Bertz CT molecular complexity index is 394. The molecule has 1 heterocycles. The number of aliphatic hydroxyl groups is 1. The van der Waals surface area contributed by atoms with Gasteiger partial charge in [-0.25, -0.2) is 0 Å². The van der Waals surface area contributed by atoms with Crippen molar-refractivity contribution in [3.63, 3.8) is 0 Å². The van der Waals surface area contributed by atoms with Gasteiger partial charge in [-0.05, 0) is 17.7 Å². The topological polar surface area (TPSA) is 20.2 Å². The number of thioether (sulfide) groups is 2. The van der Waals surface area contributed by atoms with Crippen molar-refractivity contribution in [2.24, 2.45) is 0 Å². The lowest BCUT2D eigenvalue weighted by Crippen LogP contribution is -2.36. The molecule has 18 heavy (non-hydrogen) atoms. The molecule has 1 aromatic rings. The predicted octanol–water partition coefficient (Wildman–Crippen LogP) is 4.13. The van der Waals surface area contributed by atoms with Gasteiger partial charge < -0.3 is 5.11 Å². The molecular formula is C13H16Cl2OS2. The van der Waals surface area contributed by atoms with Crippen molar-refractivity contribution in [1.82, 2.24) is 0 Å². The van der Waals surface area contributed by atoms with E-state index in [-0.39, 0.29) is 5.25 Å². The number of hydrogen-bond donors (Lipinski definition) is 1. The highest BCUT2D eigenvalue weighted by atomic mass is 35.5. The Kier molecular flexibility index (Phi) is 5.58. The van der Waals surface area contributed by atoms with Gasteiger partial charge in [0.15, 0.2) is 0 Å². The molecule has 100 valence electrons. The van der Waals surface area contributed by atoms with E-state index in [4.69, 9.17) is 23.2 Å². The maximum atomic E-state index is 10.4. The van der Waals surface area contributed by atoms with Gasteiger partial charge in [-0.2, -0.15) is 23.5 Å². The molecule has 0 radical (unpaired) electrons. The summed E-state index contributed by atoms with van der Waals surface area (Å²) in [5.41, 5.74) is 0.858. The number of hydrogen-bond acceptors (Lipinski definition) is 3. The van der Waals surface area contributed by atoms with Crippen LogP contribution in [0.3, 0.4) is 0 Å². The van der Waals surface area contributed by atoms with E-state index in [0.29, 0.717) is 21.7 Å². The zero-order valence-electron chi connectivity index (χ0n) is 10.1. The monoisotopic (exact) mass is 322 g/mol. The van der Waals surface area contributed by atoms with Gasteiger partial charge in [-0.3, -0.25) is 0 Å². The first-order chi connectivity index (χ1) is 8.59. The first-order valence-electron chi connectivity index (χ1n) is 5.93. The zero-order chi connectivity index (χ0) is 13.1. The van der Waals surface area contributed by atoms with E-state index in [1.165, 1.54) is 5.75 Å². The van der Waals surface area contributed by atoms with Crippen LogP contribution in [0, 0.1) is 0 Å². The predicted molar refractivity (Wildman–Crippen MR) is 84.3 cm³/mol. The average molecular weight is 323 g/mol. The van der Waals surface area contributed by atoms with Crippen molar-refractivity contribution in [3.05, 3.63) is 33.8 Å². The lowest BCUT2D eigenvalue weighted by molar-refractivity contribution is 0.171. The van der Waals surface area contributed by atoms with Crippen LogP contribution < -0.4 is 0 Å². The molecule has 1 fully saturated rings. The first-order valence-corrected chi connectivity index (χ1v) is 8.79. The van der Waals surface area contributed by atoms with E-state index >= 15 is 0 Å². The van der Waals surface area contributed by atoms with Gasteiger partial charge in [0.2, 0.25) is 0 Å². The Morgan fingerprint density at radius 1 is 1.28 bits per heavy atom. The summed E-state index contributed by atoms with van der Waals surface area (Å²) in [5.74, 6) is 2.27. The summed E-state index contributed by atoms with van der Waals surface area (Å²) in [6.07, 6.45) is 0.136. The van der Waals surface area contributed by atoms with Gasteiger partial charge >= 0.3 is 0 Å². The van der Waals surface area contributed by atoms with Crippen LogP contribution in [0.25, 0.3) is 0 Å². The average Bonchev–Trinajstić information content (AvgIpc) is 2.34. The second-order valence-electron chi connectivity index (χ2n) is 4.38. The maximum Gasteiger partial charge on any atom is 0.0710 e. The van der Waals surface area contributed by atoms with Crippen molar-refractivity contribution in [2.45, 2.75) is 29.9 Å². The third kappa shape index (κ3) is 3.51. The van der Waals surface area contributed by atoms with E-state index < -0.39 is 6.10 Å². The van der Waals surface area contributed by atoms with Gasteiger partial charge in [0, 0.05) is 38.5 Å². The van der Waals surface area contributed by atoms with Crippen molar-refractivity contribution in [1.29, 1.82) is 0 Å². The van der Waals surface area contributed by atoms with Crippen molar-refractivity contribution < 1.29 is 5.11 Å². The van der Waals surface area contributed by atoms with E-state index in [1.54, 1.807) is 0 Å². The lowest BCUT2D eigenvalue weighted by atomic mass is 10.0. The molecule has 1 aliphatic rings. The van der Waals surface area contributed by atoms with E-state index in [2.05, 4.69) is 6.92 Å². The molecule has 1 N–H and O–H groups in total. The summed E-state index contributed by atoms with van der Waals surface area (Å²) in [6.45, 7) is 2.18. The van der Waals surface area contributed by atoms with Crippen LogP contribution in [0.15, 0.2) is 18.2 Å². The van der Waals surface area contributed by atoms with Crippen LogP contribution in [0.5, 0.6) is 0 Å². The van der Waals surface area contributed by atoms with Crippen LogP contribution >= 0.6 is 46.7 Å². The molecule has 1 aliphatic heterocycles. The van der Waals surface area contributed by atoms with Gasteiger partial charge in [0.05, 0.1) is 6.10 Å². The minimum Gasteiger partial charge on any atom is -0.392 e. The number of aliphatic hydroxyl groups excluding tert-OH is 1. The molecule has 0 spiro atoms. The van der Waals surface area contributed by atoms with Crippen LogP contribution in [0.2, 0.25) is 10.0 Å². The fourth-order valence-electron chi connectivity index (χ4n) is 2.13. The molecule has 0 bridgehead atoms. The summed E-state index contributed by atoms with van der Waals surface area (Å²) in [6, 6.07) is 5.47. The summed E-state index contributed by atoms with van der Waals surface area (Å²) >= 11 is 16.1. The SMILES string of the molecule is CC1SCCSC1C(O)Cc1c(Cl)cccc1Cl. The van der Waals surface area contributed by atoms with Crippen LogP contribution in [-0.4, -0.2) is 33.2 Å². The van der Waals surface area contributed by atoms with Gasteiger partial charge in [0.25, 0.3) is 0 Å². The van der Waals surface area contributed by atoms with Crippen molar-refractivity contribution >= 4 is 46.7 Å². The first kappa shape index (κ1) is 14.9. The summed E-state index contributed by atoms with van der Waals surface area (Å²) in [4.78, 5) is 0. The number of benzene rings is 1. The second kappa shape index (κ2) is 6.76. The Balaban J connectivity index is 2.08. The van der Waals surface area contributed by atoms with Crippen LogP contribution in [0.4, 0.5) is 0 Å². The van der Waals surface area contributed by atoms with Gasteiger partial charge in [-0.15, -0.1) is 0 Å². The van der Waals surface area contributed by atoms with Crippen LogP contribution in [0.1, 0.15) is 12.5 Å². The molecule has 0 amide bonds. The Hall–Kier alpha value is 0.460. The molecule has 2 rings (SSSR count). The maximum absolute atomic E-state index is 10.4. The fraction of sp³-hybridized carbons (Fsp3) is 0.538. The highest BCUT2D eigenvalue weighted by Crippen LogP contribution is 2.35. The number of rotatable bonds is 3. The van der Waals surface area contributed by atoms with Gasteiger partial charge in [0.1, 0.15) is 0 Å². The lowest BCUT2D eigenvalue weighted by Gasteiger charge is -2.32. The molecule has 5 heteroatoms. The summed E-state index contributed by atoms with van der Waals surface area (Å²) < 4.78 is 0.